The van der Waals surface area contributed by atoms with Crippen LogP contribution in [0.3, 0.4) is 0 Å². The summed E-state index contributed by atoms with van der Waals surface area (Å²) >= 11 is 5.93. The number of carbonyl (C=O) groups is 1. The van der Waals surface area contributed by atoms with Crippen molar-refractivity contribution in [3.05, 3.63) is 41.6 Å². The minimum Gasteiger partial charge on any atom is -0.482 e. The van der Waals surface area contributed by atoms with Crippen LogP contribution in [0.4, 0.5) is 5.82 Å². The van der Waals surface area contributed by atoms with Crippen LogP contribution in [0.5, 0.6) is 5.75 Å². The minimum atomic E-state index is -0.255. The molecule has 0 unspecified atom stereocenters. The Hall–Kier alpha value is -2.01. The molecule has 0 fully saturated rings. The Labute approximate surface area is 116 Å². The SMILES string of the molecule is CCn1nccc1NC(=O)COc1ccccc1Cl. The fraction of sp³-hybridized carbons (Fsp3) is 0.231. The number of hydrogen-bond donors (Lipinski definition) is 1. The number of hydrogen-bond acceptors (Lipinski definition) is 3. The van der Waals surface area contributed by atoms with Gasteiger partial charge in [0.1, 0.15) is 11.6 Å². The number of aromatic nitrogens is 2. The number of halogens is 1. The highest BCUT2D eigenvalue weighted by molar-refractivity contribution is 6.32. The van der Waals surface area contributed by atoms with E-state index in [9.17, 15) is 4.79 Å². The van der Waals surface area contributed by atoms with E-state index in [4.69, 9.17) is 16.3 Å². The van der Waals surface area contributed by atoms with Gasteiger partial charge < -0.3 is 10.1 Å². The summed E-state index contributed by atoms with van der Waals surface area (Å²) in [6.45, 7) is 2.54. The number of amides is 1. The van der Waals surface area contributed by atoms with Crippen molar-refractivity contribution in [1.29, 1.82) is 0 Å². The van der Waals surface area contributed by atoms with Gasteiger partial charge in [-0.1, -0.05) is 23.7 Å². The van der Waals surface area contributed by atoms with Crippen LogP contribution in [0.1, 0.15) is 6.92 Å². The van der Waals surface area contributed by atoms with E-state index in [-0.39, 0.29) is 12.5 Å². The molecule has 5 nitrogen and oxygen atoms in total. The lowest BCUT2D eigenvalue weighted by molar-refractivity contribution is -0.118. The van der Waals surface area contributed by atoms with Gasteiger partial charge in [-0.15, -0.1) is 0 Å². The smallest absolute Gasteiger partial charge is 0.263 e. The summed E-state index contributed by atoms with van der Waals surface area (Å²) in [5.41, 5.74) is 0. The van der Waals surface area contributed by atoms with E-state index >= 15 is 0 Å². The van der Waals surface area contributed by atoms with Crippen LogP contribution in [-0.2, 0) is 11.3 Å². The molecule has 0 spiro atoms. The summed E-state index contributed by atoms with van der Waals surface area (Å²) in [4.78, 5) is 11.7. The van der Waals surface area contributed by atoms with Crippen LogP contribution >= 0.6 is 11.6 Å². The standard InChI is InChI=1S/C13H14ClN3O2/c1-2-17-12(7-8-15-17)16-13(18)9-19-11-6-4-3-5-10(11)14/h3-8H,2,9H2,1H3,(H,16,18). The molecule has 2 rings (SSSR count). The van der Waals surface area contributed by atoms with Crippen molar-refractivity contribution >= 4 is 23.3 Å². The first kappa shape index (κ1) is 13.4. The molecule has 100 valence electrons. The first-order valence-corrected chi connectivity index (χ1v) is 6.27. The van der Waals surface area contributed by atoms with E-state index in [1.54, 1.807) is 41.2 Å². The van der Waals surface area contributed by atoms with Gasteiger partial charge in [-0.3, -0.25) is 4.79 Å². The lowest BCUT2D eigenvalue weighted by Crippen LogP contribution is -2.22. The predicted molar refractivity (Wildman–Crippen MR) is 73.5 cm³/mol. The molecule has 0 bridgehead atoms. The van der Waals surface area contributed by atoms with Crippen molar-refractivity contribution in [1.82, 2.24) is 9.78 Å². The summed E-state index contributed by atoms with van der Waals surface area (Å²) in [6.07, 6.45) is 1.63. The third-order valence-electron chi connectivity index (χ3n) is 2.48. The van der Waals surface area contributed by atoms with E-state index in [1.165, 1.54) is 0 Å². The highest BCUT2D eigenvalue weighted by atomic mass is 35.5. The summed E-state index contributed by atoms with van der Waals surface area (Å²) in [5, 5.41) is 7.27. The lowest BCUT2D eigenvalue weighted by atomic mass is 10.3. The molecular formula is C13H14ClN3O2. The zero-order valence-corrected chi connectivity index (χ0v) is 11.2. The second kappa shape index (κ2) is 6.24. The molecule has 0 aliphatic heterocycles. The number of rotatable bonds is 5. The summed E-state index contributed by atoms with van der Waals surface area (Å²) in [6, 6.07) is 8.75. The average Bonchev–Trinajstić information content (AvgIpc) is 2.85. The molecule has 6 heteroatoms. The molecule has 1 N–H and O–H groups in total. The Bertz CT molecular complexity index is 569. The number of para-hydroxylation sites is 1. The number of ether oxygens (including phenoxy) is 1. The maximum absolute atomic E-state index is 11.7. The van der Waals surface area contributed by atoms with Gasteiger partial charge in [0.15, 0.2) is 6.61 Å². The molecule has 19 heavy (non-hydrogen) atoms. The molecule has 1 aromatic carbocycles. The number of nitrogens with one attached hydrogen (secondary N) is 1. The van der Waals surface area contributed by atoms with Crippen molar-refractivity contribution < 1.29 is 9.53 Å². The third-order valence-corrected chi connectivity index (χ3v) is 2.79. The van der Waals surface area contributed by atoms with Crippen LogP contribution in [0.2, 0.25) is 5.02 Å². The molecule has 0 aliphatic rings. The number of benzene rings is 1. The monoisotopic (exact) mass is 279 g/mol. The number of carbonyl (C=O) groups excluding carboxylic acids is 1. The molecule has 1 heterocycles. The second-order valence-electron chi connectivity index (χ2n) is 3.80. The number of nitrogens with zero attached hydrogens (tertiary/aromatic N) is 2. The van der Waals surface area contributed by atoms with Gasteiger partial charge in [-0.25, -0.2) is 4.68 Å². The van der Waals surface area contributed by atoms with Crippen LogP contribution in [0.15, 0.2) is 36.5 Å². The zero-order valence-electron chi connectivity index (χ0n) is 10.5. The Morgan fingerprint density at radius 1 is 1.42 bits per heavy atom. The van der Waals surface area contributed by atoms with Gasteiger partial charge in [0.05, 0.1) is 11.2 Å². The summed E-state index contributed by atoms with van der Waals surface area (Å²) in [5.74, 6) is 0.883. The molecule has 2 aromatic rings. The quantitative estimate of drug-likeness (QED) is 0.915. The van der Waals surface area contributed by atoms with Gasteiger partial charge in [-0.05, 0) is 19.1 Å². The van der Waals surface area contributed by atoms with Crippen LogP contribution in [-0.4, -0.2) is 22.3 Å². The molecule has 0 atom stereocenters. The number of anilines is 1. The van der Waals surface area contributed by atoms with Gasteiger partial charge in [0, 0.05) is 12.6 Å². The van der Waals surface area contributed by atoms with Crippen LogP contribution < -0.4 is 10.1 Å². The van der Waals surface area contributed by atoms with Crippen molar-refractivity contribution in [3.8, 4) is 5.75 Å². The molecule has 0 aliphatic carbocycles. The molecule has 1 aromatic heterocycles. The van der Waals surface area contributed by atoms with Gasteiger partial charge in [0.2, 0.25) is 0 Å². The molecule has 0 radical (unpaired) electrons. The molecule has 0 saturated heterocycles. The minimum absolute atomic E-state index is 0.0986. The normalized spacial score (nSPS) is 10.2. The summed E-state index contributed by atoms with van der Waals surface area (Å²) < 4.78 is 7.04. The zero-order chi connectivity index (χ0) is 13.7. The van der Waals surface area contributed by atoms with E-state index in [1.807, 2.05) is 6.92 Å². The first-order chi connectivity index (χ1) is 9.20. The third kappa shape index (κ3) is 3.48. The van der Waals surface area contributed by atoms with Crippen molar-refractivity contribution in [2.24, 2.45) is 0 Å². The average molecular weight is 280 g/mol. The molecule has 1 amide bonds. The first-order valence-electron chi connectivity index (χ1n) is 5.89. The van der Waals surface area contributed by atoms with E-state index < -0.39 is 0 Å². The maximum atomic E-state index is 11.7. The predicted octanol–water partition coefficient (Wildman–Crippen LogP) is 2.57. The largest absolute Gasteiger partial charge is 0.482 e. The van der Waals surface area contributed by atoms with Crippen molar-refractivity contribution in [3.63, 3.8) is 0 Å². The van der Waals surface area contributed by atoms with Gasteiger partial charge in [-0.2, -0.15) is 5.10 Å². The summed E-state index contributed by atoms with van der Waals surface area (Å²) in [7, 11) is 0. The Balaban J connectivity index is 1.90. The molecular weight excluding hydrogens is 266 g/mol. The lowest BCUT2D eigenvalue weighted by Gasteiger charge is -2.09. The van der Waals surface area contributed by atoms with E-state index in [0.29, 0.717) is 23.1 Å². The van der Waals surface area contributed by atoms with Gasteiger partial charge in [0.25, 0.3) is 5.91 Å². The van der Waals surface area contributed by atoms with Crippen molar-refractivity contribution in [2.45, 2.75) is 13.5 Å². The Morgan fingerprint density at radius 2 is 2.21 bits per heavy atom. The highest BCUT2D eigenvalue weighted by Gasteiger charge is 2.08. The van der Waals surface area contributed by atoms with Crippen molar-refractivity contribution in [2.75, 3.05) is 11.9 Å². The van der Waals surface area contributed by atoms with Crippen LogP contribution in [0, 0.1) is 0 Å². The number of aryl methyl sites for hydroxylation is 1. The Morgan fingerprint density at radius 3 is 2.95 bits per heavy atom. The van der Waals surface area contributed by atoms with E-state index in [0.717, 1.165) is 0 Å². The topological polar surface area (TPSA) is 56.2 Å². The second-order valence-corrected chi connectivity index (χ2v) is 4.21. The van der Waals surface area contributed by atoms with E-state index in [2.05, 4.69) is 10.4 Å². The Kier molecular flexibility index (Phi) is 4.41. The fourth-order valence-electron chi connectivity index (χ4n) is 1.57. The maximum Gasteiger partial charge on any atom is 0.263 e. The highest BCUT2D eigenvalue weighted by Crippen LogP contribution is 2.22. The van der Waals surface area contributed by atoms with Gasteiger partial charge >= 0.3 is 0 Å². The molecule has 0 saturated carbocycles. The fourth-order valence-corrected chi connectivity index (χ4v) is 1.77. The van der Waals surface area contributed by atoms with Crippen LogP contribution in [0.25, 0.3) is 0 Å².